The third kappa shape index (κ3) is 3.23. The number of benzene rings is 1. The van der Waals surface area contributed by atoms with Gasteiger partial charge in [0.05, 0.1) is 23.2 Å². The summed E-state index contributed by atoms with van der Waals surface area (Å²) in [6.07, 6.45) is -11.1. The molecule has 0 heterocycles. The highest BCUT2D eigenvalue weighted by Gasteiger charge is 2.48. The second-order valence-corrected chi connectivity index (χ2v) is 3.63. The van der Waals surface area contributed by atoms with E-state index in [1.807, 2.05) is 0 Å². The van der Waals surface area contributed by atoms with Crippen molar-refractivity contribution in [2.45, 2.75) is 12.4 Å². The van der Waals surface area contributed by atoms with Crippen molar-refractivity contribution in [3.05, 3.63) is 38.9 Å². The highest BCUT2D eigenvalue weighted by atomic mass is 19.4. The molecule has 0 fully saturated rings. The Labute approximate surface area is 112 Å². The summed E-state index contributed by atoms with van der Waals surface area (Å²) in [7, 11) is 0.590. The monoisotopic (exact) mass is 317 g/mol. The molecule has 0 N–H and O–H groups in total. The third-order valence-electron chi connectivity index (χ3n) is 2.36. The second kappa shape index (κ2) is 5.22. The van der Waals surface area contributed by atoms with Crippen LogP contribution in [0.2, 0.25) is 0 Å². The van der Waals surface area contributed by atoms with Crippen LogP contribution in [0.1, 0.15) is 21.5 Å². The number of nitro benzene ring substituents is 1. The maximum Gasteiger partial charge on any atom is 0.418 e. The van der Waals surface area contributed by atoms with E-state index >= 15 is 0 Å². The van der Waals surface area contributed by atoms with Crippen molar-refractivity contribution in [1.29, 1.82) is 0 Å². The third-order valence-corrected chi connectivity index (χ3v) is 2.36. The second-order valence-electron chi connectivity index (χ2n) is 3.63. The standard InChI is InChI=1S/C10H5F6NO4/c1-21-8(18)6-5(17(19)20)3-2-4(9(11,12)13)7(6)10(14,15)16/h2-3H,1H3. The molecular weight excluding hydrogens is 312 g/mol. The first kappa shape index (κ1) is 16.7. The summed E-state index contributed by atoms with van der Waals surface area (Å²) in [5.74, 6) is -1.89. The van der Waals surface area contributed by atoms with E-state index in [1.165, 1.54) is 0 Å². The highest BCUT2D eigenvalue weighted by Crippen LogP contribution is 2.44. The molecule has 1 rings (SSSR count). The van der Waals surface area contributed by atoms with Gasteiger partial charge in [0.25, 0.3) is 5.69 Å². The van der Waals surface area contributed by atoms with Gasteiger partial charge in [-0.15, -0.1) is 0 Å². The zero-order chi connectivity index (χ0) is 16.6. The fraction of sp³-hybridized carbons (Fsp3) is 0.300. The van der Waals surface area contributed by atoms with E-state index in [0.717, 1.165) is 0 Å². The van der Waals surface area contributed by atoms with Crippen LogP contribution in [0.3, 0.4) is 0 Å². The number of nitrogens with zero attached hydrogens (tertiary/aromatic N) is 1. The van der Waals surface area contributed by atoms with Gasteiger partial charge in [-0.25, -0.2) is 4.79 Å². The quantitative estimate of drug-likeness (QED) is 0.363. The Morgan fingerprint density at radius 1 is 1.14 bits per heavy atom. The molecule has 0 aliphatic heterocycles. The fourth-order valence-electron chi connectivity index (χ4n) is 1.58. The number of carbonyl (C=O) groups excluding carboxylic acids is 1. The van der Waals surface area contributed by atoms with Crippen molar-refractivity contribution in [1.82, 2.24) is 0 Å². The summed E-state index contributed by atoms with van der Waals surface area (Å²) in [5, 5.41) is 10.6. The molecule has 1 aromatic carbocycles. The molecule has 5 nitrogen and oxygen atoms in total. The maximum absolute atomic E-state index is 12.8. The van der Waals surface area contributed by atoms with E-state index < -0.39 is 45.6 Å². The zero-order valence-corrected chi connectivity index (χ0v) is 10.0. The van der Waals surface area contributed by atoms with E-state index in [-0.39, 0.29) is 12.1 Å². The average molecular weight is 317 g/mol. The Morgan fingerprint density at radius 3 is 2.00 bits per heavy atom. The van der Waals surface area contributed by atoms with Crippen LogP contribution < -0.4 is 0 Å². The molecule has 0 bridgehead atoms. The van der Waals surface area contributed by atoms with Gasteiger partial charge in [-0.1, -0.05) is 0 Å². The lowest BCUT2D eigenvalue weighted by Crippen LogP contribution is -2.22. The minimum Gasteiger partial charge on any atom is -0.465 e. The van der Waals surface area contributed by atoms with Gasteiger partial charge in [0.15, 0.2) is 0 Å². The van der Waals surface area contributed by atoms with Gasteiger partial charge >= 0.3 is 18.3 Å². The van der Waals surface area contributed by atoms with Gasteiger partial charge in [0.1, 0.15) is 5.56 Å². The van der Waals surface area contributed by atoms with Gasteiger partial charge in [-0.05, 0) is 6.07 Å². The number of hydrogen-bond donors (Lipinski definition) is 0. The van der Waals surface area contributed by atoms with Crippen LogP contribution >= 0.6 is 0 Å². The van der Waals surface area contributed by atoms with Gasteiger partial charge < -0.3 is 4.74 Å². The van der Waals surface area contributed by atoms with Crippen LogP contribution in [0, 0.1) is 10.1 Å². The maximum atomic E-state index is 12.8. The largest absolute Gasteiger partial charge is 0.465 e. The number of methoxy groups -OCH3 is 1. The normalized spacial score (nSPS) is 12.1. The van der Waals surface area contributed by atoms with Crippen LogP contribution in [-0.4, -0.2) is 18.0 Å². The molecule has 21 heavy (non-hydrogen) atoms. The summed E-state index contributed by atoms with van der Waals surface area (Å²) in [5.41, 5.74) is -7.87. The van der Waals surface area contributed by atoms with Gasteiger partial charge in [-0.2, -0.15) is 26.3 Å². The Kier molecular flexibility index (Phi) is 4.16. The van der Waals surface area contributed by atoms with Gasteiger partial charge in [0.2, 0.25) is 0 Å². The molecule has 116 valence electrons. The number of alkyl halides is 6. The van der Waals surface area contributed by atoms with Crippen molar-refractivity contribution in [2.24, 2.45) is 0 Å². The van der Waals surface area contributed by atoms with E-state index in [0.29, 0.717) is 7.11 Å². The number of hydrogen-bond acceptors (Lipinski definition) is 4. The molecule has 0 aromatic heterocycles. The number of carbonyl (C=O) groups is 1. The van der Waals surface area contributed by atoms with Crippen LogP contribution in [0.4, 0.5) is 32.0 Å². The Morgan fingerprint density at radius 2 is 1.67 bits per heavy atom. The Bertz CT molecular complexity index is 592. The van der Waals surface area contributed by atoms with E-state index in [1.54, 1.807) is 0 Å². The first-order chi connectivity index (χ1) is 9.41. The lowest BCUT2D eigenvalue weighted by molar-refractivity contribution is -0.385. The molecule has 0 unspecified atom stereocenters. The number of esters is 1. The molecular formula is C10H5F6NO4. The van der Waals surface area contributed by atoms with Crippen LogP contribution in [0.5, 0.6) is 0 Å². The summed E-state index contributed by atoms with van der Waals surface area (Å²) in [6, 6.07) is 0.0672. The molecule has 11 heteroatoms. The van der Waals surface area contributed by atoms with Crippen LogP contribution in [-0.2, 0) is 17.1 Å². The van der Waals surface area contributed by atoms with E-state index in [2.05, 4.69) is 4.74 Å². The highest BCUT2D eigenvalue weighted by molar-refractivity contribution is 5.96. The number of halogens is 6. The zero-order valence-electron chi connectivity index (χ0n) is 10.0. The Hall–Kier alpha value is -2.33. The molecule has 0 spiro atoms. The van der Waals surface area contributed by atoms with Crippen molar-refractivity contribution in [3.63, 3.8) is 0 Å². The molecule has 0 aliphatic carbocycles. The summed E-state index contributed by atoms with van der Waals surface area (Å²) in [4.78, 5) is 20.5. The van der Waals surface area contributed by atoms with Crippen molar-refractivity contribution < 1.29 is 40.8 Å². The van der Waals surface area contributed by atoms with E-state index in [9.17, 15) is 41.3 Å². The lowest BCUT2D eigenvalue weighted by atomic mass is 9.98. The Balaban J connectivity index is 3.92. The predicted molar refractivity (Wildman–Crippen MR) is 54.4 cm³/mol. The minimum atomic E-state index is -5.64. The van der Waals surface area contributed by atoms with Crippen LogP contribution in [0.15, 0.2) is 12.1 Å². The van der Waals surface area contributed by atoms with Crippen molar-refractivity contribution in [2.75, 3.05) is 7.11 Å². The lowest BCUT2D eigenvalue weighted by Gasteiger charge is -2.18. The molecule has 1 aromatic rings. The summed E-state index contributed by atoms with van der Waals surface area (Å²) in [6.45, 7) is 0. The summed E-state index contributed by atoms with van der Waals surface area (Å²) >= 11 is 0. The number of ether oxygens (including phenoxy) is 1. The van der Waals surface area contributed by atoms with Crippen molar-refractivity contribution >= 4 is 11.7 Å². The molecule has 0 radical (unpaired) electrons. The molecule has 0 saturated carbocycles. The molecule has 0 aliphatic rings. The number of nitro groups is 1. The average Bonchev–Trinajstić information content (AvgIpc) is 2.33. The minimum absolute atomic E-state index is 0.104. The van der Waals surface area contributed by atoms with Crippen LogP contribution in [0.25, 0.3) is 0 Å². The van der Waals surface area contributed by atoms with Crippen molar-refractivity contribution in [3.8, 4) is 0 Å². The SMILES string of the molecule is COC(=O)c1c([N+](=O)[O-])ccc(C(F)(F)F)c1C(F)(F)F. The predicted octanol–water partition coefficient (Wildman–Crippen LogP) is 3.42. The first-order valence-corrected chi connectivity index (χ1v) is 4.95. The van der Waals surface area contributed by atoms with Gasteiger partial charge in [-0.3, -0.25) is 10.1 Å². The fourth-order valence-corrected chi connectivity index (χ4v) is 1.58. The first-order valence-electron chi connectivity index (χ1n) is 4.95. The molecule has 0 saturated heterocycles. The van der Waals surface area contributed by atoms with Gasteiger partial charge in [0, 0.05) is 6.07 Å². The smallest absolute Gasteiger partial charge is 0.418 e. The summed E-state index contributed by atoms with van der Waals surface area (Å²) < 4.78 is 80.4. The topological polar surface area (TPSA) is 69.4 Å². The molecule has 0 amide bonds. The van der Waals surface area contributed by atoms with E-state index in [4.69, 9.17) is 0 Å². The molecule has 0 atom stereocenters. The number of rotatable bonds is 2.